The van der Waals surface area contributed by atoms with Gasteiger partial charge in [-0.25, -0.2) is 4.98 Å². The van der Waals surface area contributed by atoms with Crippen LogP contribution in [-0.4, -0.2) is 45.8 Å². The molecule has 0 aromatic carbocycles. The smallest absolute Gasteiger partial charge is 0.382 e. The van der Waals surface area contributed by atoms with Crippen LogP contribution in [0, 0.1) is 6.92 Å². The van der Waals surface area contributed by atoms with Gasteiger partial charge in [-0.05, 0) is 20.9 Å². The predicted octanol–water partition coefficient (Wildman–Crippen LogP) is 0.994. The molecule has 0 spiro atoms. The molecule has 8 heteroatoms. The summed E-state index contributed by atoms with van der Waals surface area (Å²) in [5.74, 6) is 0.266. The molecule has 0 radical (unpaired) electrons. The zero-order valence-corrected chi connectivity index (χ0v) is 10.8. The Labute approximate surface area is 108 Å². The molecule has 2 atom stereocenters. The van der Waals surface area contributed by atoms with E-state index in [1.165, 1.54) is 18.0 Å². The van der Waals surface area contributed by atoms with E-state index in [1.807, 2.05) is 0 Å². The number of aliphatic hydroxyl groups excluding tert-OH is 1. The lowest BCUT2D eigenvalue weighted by atomic mass is 10.2. The number of aliphatic hydroxyl groups is 1. The Morgan fingerprint density at radius 2 is 2.11 bits per heavy atom. The molecule has 2 N–H and O–H groups in total. The van der Waals surface area contributed by atoms with Crippen molar-refractivity contribution in [2.24, 2.45) is 0 Å². The molecule has 0 fully saturated rings. The number of H-pyrrole nitrogens is 1. The molecule has 108 valence electrons. The van der Waals surface area contributed by atoms with E-state index in [9.17, 15) is 18.0 Å². The predicted molar refractivity (Wildman–Crippen MR) is 62.7 cm³/mol. The number of alkyl halides is 3. The van der Waals surface area contributed by atoms with E-state index in [0.29, 0.717) is 5.69 Å². The van der Waals surface area contributed by atoms with E-state index in [-0.39, 0.29) is 11.4 Å². The number of rotatable bonds is 4. The van der Waals surface area contributed by atoms with E-state index in [2.05, 4.69) is 9.97 Å². The molecule has 0 saturated carbocycles. The Hall–Kier alpha value is -1.41. The summed E-state index contributed by atoms with van der Waals surface area (Å²) in [7, 11) is 1.42. The van der Waals surface area contributed by atoms with Gasteiger partial charge in [-0.15, -0.1) is 0 Å². The Balaban J connectivity index is 2.82. The molecule has 0 aliphatic carbocycles. The summed E-state index contributed by atoms with van der Waals surface area (Å²) < 4.78 is 36.8. The van der Waals surface area contributed by atoms with Crippen molar-refractivity contribution in [1.29, 1.82) is 0 Å². The highest BCUT2D eigenvalue weighted by molar-refractivity contribution is 5.03. The molecule has 0 unspecified atom stereocenters. The zero-order valence-electron chi connectivity index (χ0n) is 10.8. The van der Waals surface area contributed by atoms with Crippen LogP contribution in [0.2, 0.25) is 0 Å². The van der Waals surface area contributed by atoms with Crippen molar-refractivity contribution in [2.45, 2.75) is 32.2 Å². The van der Waals surface area contributed by atoms with Crippen molar-refractivity contribution in [3.8, 4) is 0 Å². The summed E-state index contributed by atoms with van der Waals surface area (Å²) >= 11 is 0. The number of nitrogens with one attached hydrogen (secondary N) is 1. The van der Waals surface area contributed by atoms with E-state index in [4.69, 9.17) is 5.11 Å². The van der Waals surface area contributed by atoms with Crippen molar-refractivity contribution in [3.05, 3.63) is 27.9 Å². The van der Waals surface area contributed by atoms with Gasteiger partial charge < -0.3 is 10.1 Å². The van der Waals surface area contributed by atoms with Gasteiger partial charge in [0.05, 0.1) is 6.04 Å². The first-order valence-corrected chi connectivity index (χ1v) is 5.64. The number of hydrogen-bond donors (Lipinski definition) is 2. The first kappa shape index (κ1) is 15.6. The Bertz CT molecular complexity index is 487. The topological polar surface area (TPSA) is 69.2 Å². The first-order chi connectivity index (χ1) is 8.61. The lowest BCUT2D eigenvalue weighted by molar-refractivity contribution is -0.208. The van der Waals surface area contributed by atoms with Crippen molar-refractivity contribution in [2.75, 3.05) is 13.6 Å². The van der Waals surface area contributed by atoms with E-state index >= 15 is 0 Å². The standard InChI is InChI=1S/C11H16F3N3O2/c1-6-4-9(19)16-10(15-6)7(2)17(3)5-8(18)11(12,13)14/h4,7-8,18H,5H2,1-3H3,(H,15,16,19)/t7-,8-/m1/s1. The molecule has 0 aliphatic heterocycles. The number of aromatic amines is 1. The fourth-order valence-corrected chi connectivity index (χ4v) is 1.54. The summed E-state index contributed by atoms with van der Waals surface area (Å²) in [5, 5.41) is 9.00. The monoisotopic (exact) mass is 279 g/mol. The van der Waals surface area contributed by atoms with Crippen molar-refractivity contribution >= 4 is 0 Å². The number of likely N-dealkylation sites (N-methyl/N-ethyl adjacent to an activating group) is 1. The second-order valence-corrected chi connectivity index (χ2v) is 4.44. The van der Waals surface area contributed by atoms with E-state index < -0.39 is 24.9 Å². The van der Waals surface area contributed by atoms with Gasteiger partial charge >= 0.3 is 6.18 Å². The van der Waals surface area contributed by atoms with Crippen LogP contribution < -0.4 is 5.56 Å². The summed E-state index contributed by atoms with van der Waals surface area (Å²) in [6.07, 6.45) is -7.10. The van der Waals surface area contributed by atoms with Crippen LogP contribution in [0.1, 0.15) is 24.5 Å². The highest BCUT2D eigenvalue weighted by Crippen LogP contribution is 2.23. The average molecular weight is 279 g/mol. The van der Waals surface area contributed by atoms with Crippen molar-refractivity contribution < 1.29 is 18.3 Å². The number of halogens is 3. The highest BCUT2D eigenvalue weighted by atomic mass is 19.4. The van der Waals surface area contributed by atoms with Crippen LogP contribution in [0.4, 0.5) is 13.2 Å². The second kappa shape index (κ2) is 5.70. The molecule has 19 heavy (non-hydrogen) atoms. The molecule has 1 heterocycles. The Morgan fingerprint density at radius 1 is 1.53 bits per heavy atom. The van der Waals surface area contributed by atoms with Crippen LogP contribution in [0.25, 0.3) is 0 Å². The van der Waals surface area contributed by atoms with Gasteiger partial charge in [0.2, 0.25) is 0 Å². The fourth-order valence-electron chi connectivity index (χ4n) is 1.54. The third kappa shape index (κ3) is 4.32. The second-order valence-electron chi connectivity index (χ2n) is 4.44. The number of aromatic nitrogens is 2. The minimum atomic E-state index is -4.67. The first-order valence-electron chi connectivity index (χ1n) is 5.64. The highest BCUT2D eigenvalue weighted by Gasteiger charge is 2.39. The van der Waals surface area contributed by atoms with E-state index in [1.54, 1.807) is 13.8 Å². The molecule has 0 amide bonds. The van der Waals surface area contributed by atoms with Gasteiger partial charge in [0, 0.05) is 18.3 Å². The number of hydrogen-bond acceptors (Lipinski definition) is 4. The molecule has 0 aliphatic rings. The van der Waals surface area contributed by atoms with Crippen molar-refractivity contribution in [1.82, 2.24) is 14.9 Å². The van der Waals surface area contributed by atoms with Crippen LogP contribution in [0.3, 0.4) is 0 Å². The molecular weight excluding hydrogens is 263 g/mol. The lowest BCUT2D eigenvalue weighted by Gasteiger charge is -2.27. The summed E-state index contributed by atoms with van der Waals surface area (Å²) in [4.78, 5) is 19.1. The van der Waals surface area contributed by atoms with Gasteiger partial charge in [0.15, 0.2) is 6.10 Å². The largest absolute Gasteiger partial charge is 0.415 e. The van der Waals surface area contributed by atoms with Gasteiger partial charge in [0.25, 0.3) is 5.56 Å². The lowest BCUT2D eigenvalue weighted by Crippen LogP contribution is -2.40. The summed E-state index contributed by atoms with van der Waals surface area (Å²) in [5.41, 5.74) is 0.120. The minimum Gasteiger partial charge on any atom is -0.382 e. The maximum Gasteiger partial charge on any atom is 0.415 e. The number of aryl methyl sites for hydroxylation is 1. The molecule has 1 aromatic heterocycles. The minimum absolute atomic E-state index is 0.266. The number of nitrogens with zero attached hydrogens (tertiary/aromatic N) is 2. The van der Waals surface area contributed by atoms with Gasteiger partial charge in [0.1, 0.15) is 5.82 Å². The summed E-state index contributed by atoms with van der Waals surface area (Å²) in [6, 6.07) is 0.741. The van der Waals surface area contributed by atoms with Crippen LogP contribution in [0.5, 0.6) is 0 Å². The molecule has 1 rings (SSSR count). The zero-order chi connectivity index (χ0) is 14.8. The molecule has 5 nitrogen and oxygen atoms in total. The third-order valence-corrected chi connectivity index (χ3v) is 2.78. The Morgan fingerprint density at radius 3 is 2.58 bits per heavy atom. The van der Waals surface area contributed by atoms with Gasteiger partial charge in [-0.1, -0.05) is 0 Å². The van der Waals surface area contributed by atoms with Gasteiger partial charge in [-0.2, -0.15) is 13.2 Å². The third-order valence-electron chi connectivity index (χ3n) is 2.78. The average Bonchev–Trinajstić information content (AvgIpc) is 2.25. The molecule has 0 saturated heterocycles. The SMILES string of the molecule is Cc1cc(=O)[nH]c([C@@H](C)N(C)C[C@@H](O)C(F)(F)F)n1. The van der Waals surface area contributed by atoms with Crippen LogP contribution in [0.15, 0.2) is 10.9 Å². The maximum absolute atomic E-state index is 12.3. The van der Waals surface area contributed by atoms with Crippen LogP contribution in [-0.2, 0) is 0 Å². The van der Waals surface area contributed by atoms with Crippen LogP contribution >= 0.6 is 0 Å². The van der Waals surface area contributed by atoms with Crippen molar-refractivity contribution in [3.63, 3.8) is 0 Å². The van der Waals surface area contributed by atoms with Gasteiger partial charge in [-0.3, -0.25) is 9.69 Å². The summed E-state index contributed by atoms with van der Waals surface area (Å²) in [6.45, 7) is 2.62. The normalized spacial score (nSPS) is 15.6. The fraction of sp³-hybridized carbons (Fsp3) is 0.636. The molecule has 1 aromatic rings. The quantitative estimate of drug-likeness (QED) is 0.862. The maximum atomic E-state index is 12.3. The Kier molecular flexibility index (Phi) is 4.70. The molecular formula is C11H16F3N3O2. The molecule has 0 bridgehead atoms. The van der Waals surface area contributed by atoms with E-state index in [0.717, 1.165) is 0 Å².